The van der Waals surface area contributed by atoms with Gasteiger partial charge < -0.3 is 15.5 Å². The van der Waals surface area contributed by atoms with Gasteiger partial charge in [-0.1, -0.05) is 0 Å². The van der Waals surface area contributed by atoms with Crippen LogP contribution in [0.1, 0.15) is 30.6 Å². The molecule has 21 heavy (non-hydrogen) atoms. The second-order valence-corrected chi connectivity index (χ2v) is 5.33. The summed E-state index contributed by atoms with van der Waals surface area (Å²) in [6.07, 6.45) is 0.511. The molecule has 0 spiro atoms. The molecule has 1 aromatic rings. The first-order valence-corrected chi connectivity index (χ1v) is 7.50. The van der Waals surface area contributed by atoms with Gasteiger partial charge in [-0.15, -0.1) is 0 Å². The highest BCUT2D eigenvalue weighted by atomic mass is 16.2. The van der Waals surface area contributed by atoms with Crippen LogP contribution in [0.3, 0.4) is 0 Å². The quantitative estimate of drug-likeness (QED) is 0.893. The lowest BCUT2D eigenvalue weighted by Crippen LogP contribution is -2.30. The van der Waals surface area contributed by atoms with Crippen LogP contribution in [0.2, 0.25) is 0 Å². The van der Waals surface area contributed by atoms with Gasteiger partial charge in [0.2, 0.25) is 5.91 Å². The number of amides is 2. The van der Waals surface area contributed by atoms with Crippen LogP contribution in [0.15, 0.2) is 24.3 Å². The molecule has 5 heteroatoms. The van der Waals surface area contributed by atoms with E-state index in [4.69, 9.17) is 5.73 Å². The van der Waals surface area contributed by atoms with Crippen LogP contribution in [0.25, 0.3) is 0 Å². The minimum absolute atomic E-state index is 0.0270. The van der Waals surface area contributed by atoms with Crippen molar-refractivity contribution in [3.8, 4) is 0 Å². The Bertz CT molecular complexity index is 509. The van der Waals surface area contributed by atoms with Crippen molar-refractivity contribution in [2.75, 3.05) is 31.1 Å². The average molecular weight is 289 g/mol. The Kier molecular flexibility index (Phi) is 4.96. The summed E-state index contributed by atoms with van der Waals surface area (Å²) >= 11 is 0. The Morgan fingerprint density at radius 2 is 1.90 bits per heavy atom. The number of hydrogen-bond donors (Lipinski definition) is 1. The molecule has 1 aliphatic rings. The van der Waals surface area contributed by atoms with Crippen LogP contribution in [0, 0.1) is 5.92 Å². The Morgan fingerprint density at radius 3 is 2.38 bits per heavy atom. The molecule has 1 heterocycles. The van der Waals surface area contributed by atoms with E-state index in [9.17, 15) is 9.59 Å². The number of nitrogens with zero attached hydrogens (tertiary/aromatic N) is 2. The Balaban J connectivity index is 2.12. The first-order chi connectivity index (χ1) is 10.1. The van der Waals surface area contributed by atoms with Crippen molar-refractivity contribution in [3.05, 3.63) is 29.8 Å². The fourth-order valence-corrected chi connectivity index (χ4v) is 2.67. The van der Waals surface area contributed by atoms with Crippen LogP contribution < -0.4 is 10.6 Å². The lowest BCUT2D eigenvalue weighted by Gasteiger charge is -2.20. The number of carbonyl (C=O) groups excluding carboxylic acids is 2. The number of hydrogen-bond acceptors (Lipinski definition) is 3. The van der Waals surface area contributed by atoms with E-state index < -0.39 is 0 Å². The van der Waals surface area contributed by atoms with Gasteiger partial charge in [-0.3, -0.25) is 9.59 Å². The lowest BCUT2D eigenvalue weighted by atomic mass is 10.1. The van der Waals surface area contributed by atoms with Gasteiger partial charge in [-0.25, -0.2) is 0 Å². The van der Waals surface area contributed by atoms with Gasteiger partial charge in [0.05, 0.1) is 0 Å². The number of nitrogens with two attached hydrogens (primary N) is 1. The van der Waals surface area contributed by atoms with E-state index in [-0.39, 0.29) is 17.7 Å². The molecule has 2 amide bonds. The Morgan fingerprint density at radius 1 is 1.29 bits per heavy atom. The van der Waals surface area contributed by atoms with Crippen LogP contribution in [-0.4, -0.2) is 42.9 Å². The van der Waals surface area contributed by atoms with E-state index in [1.165, 1.54) is 0 Å². The molecule has 1 aromatic carbocycles. The molecule has 114 valence electrons. The summed E-state index contributed by atoms with van der Waals surface area (Å²) in [6.45, 7) is 6.51. The number of benzene rings is 1. The van der Waals surface area contributed by atoms with E-state index in [0.717, 1.165) is 5.69 Å². The molecule has 0 bridgehead atoms. The van der Waals surface area contributed by atoms with Crippen LogP contribution >= 0.6 is 0 Å². The van der Waals surface area contributed by atoms with E-state index in [2.05, 4.69) is 0 Å². The SMILES string of the molecule is CCN(CC)C(=O)c1ccc(N2CC(CN)CC2=O)cc1. The summed E-state index contributed by atoms with van der Waals surface area (Å²) in [6, 6.07) is 7.26. The molecule has 1 aliphatic heterocycles. The zero-order chi connectivity index (χ0) is 15.4. The molecule has 0 saturated carbocycles. The molecular weight excluding hydrogens is 266 g/mol. The lowest BCUT2D eigenvalue weighted by molar-refractivity contribution is -0.117. The van der Waals surface area contributed by atoms with E-state index >= 15 is 0 Å². The zero-order valence-electron chi connectivity index (χ0n) is 12.7. The molecule has 0 aliphatic carbocycles. The number of rotatable bonds is 5. The van der Waals surface area contributed by atoms with Gasteiger partial charge in [0.1, 0.15) is 0 Å². The maximum absolute atomic E-state index is 12.2. The molecule has 0 radical (unpaired) electrons. The summed E-state index contributed by atoms with van der Waals surface area (Å²) in [5.74, 6) is 0.363. The number of anilines is 1. The molecule has 0 aromatic heterocycles. The molecule has 1 fully saturated rings. The van der Waals surface area contributed by atoms with Gasteiger partial charge in [0, 0.05) is 37.3 Å². The molecule has 5 nitrogen and oxygen atoms in total. The molecule has 2 rings (SSSR count). The highest BCUT2D eigenvalue weighted by Crippen LogP contribution is 2.25. The largest absolute Gasteiger partial charge is 0.339 e. The third-order valence-electron chi connectivity index (χ3n) is 4.02. The fourth-order valence-electron chi connectivity index (χ4n) is 2.67. The topological polar surface area (TPSA) is 66.6 Å². The number of carbonyl (C=O) groups is 2. The zero-order valence-corrected chi connectivity index (χ0v) is 12.7. The average Bonchev–Trinajstić information content (AvgIpc) is 2.89. The van der Waals surface area contributed by atoms with Crippen molar-refractivity contribution in [2.24, 2.45) is 11.7 Å². The highest BCUT2D eigenvalue weighted by molar-refractivity contribution is 5.97. The first kappa shape index (κ1) is 15.5. The summed E-state index contributed by atoms with van der Waals surface area (Å²) in [4.78, 5) is 27.7. The normalized spacial score (nSPS) is 18.1. The van der Waals surface area contributed by atoms with Gasteiger partial charge in [-0.05, 0) is 50.6 Å². The molecule has 1 saturated heterocycles. The first-order valence-electron chi connectivity index (χ1n) is 7.50. The van der Waals surface area contributed by atoms with Crippen molar-refractivity contribution in [2.45, 2.75) is 20.3 Å². The maximum Gasteiger partial charge on any atom is 0.253 e. The minimum Gasteiger partial charge on any atom is -0.339 e. The summed E-state index contributed by atoms with van der Waals surface area (Å²) in [5.41, 5.74) is 7.13. The van der Waals surface area contributed by atoms with Crippen molar-refractivity contribution in [1.82, 2.24) is 4.90 Å². The summed E-state index contributed by atoms with van der Waals surface area (Å²) in [7, 11) is 0. The van der Waals surface area contributed by atoms with Gasteiger partial charge in [0.15, 0.2) is 0 Å². The van der Waals surface area contributed by atoms with Crippen molar-refractivity contribution >= 4 is 17.5 Å². The van der Waals surface area contributed by atoms with Crippen LogP contribution in [0.4, 0.5) is 5.69 Å². The summed E-state index contributed by atoms with van der Waals surface area (Å²) < 4.78 is 0. The second kappa shape index (κ2) is 6.72. The molecule has 2 N–H and O–H groups in total. The van der Waals surface area contributed by atoms with Gasteiger partial charge >= 0.3 is 0 Å². The predicted octanol–water partition coefficient (Wildman–Crippen LogP) is 1.48. The standard InChI is InChI=1S/C16H23N3O2/c1-3-18(4-2)16(21)13-5-7-14(8-6-13)19-11-12(10-17)9-15(19)20/h5-8,12H,3-4,9-11,17H2,1-2H3. The second-order valence-electron chi connectivity index (χ2n) is 5.33. The van der Waals surface area contributed by atoms with Crippen LogP contribution in [0.5, 0.6) is 0 Å². The third kappa shape index (κ3) is 3.24. The van der Waals surface area contributed by atoms with Crippen LogP contribution in [-0.2, 0) is 4.79 Å². The van der Waals surface area contributed by atoms with E-state index in [1.807, 2.05) is 26.0 Å². The van der Waals surface area contributed by atoms with Crippen molar-refractivity contribution in [3.63, 3.8) is 0 Å². The Labute approximate surface area is 125 Å². The maximum atomic E-state index is 12.2. The van der Waals surface area contributed by atoms with Crippen molar-refractivity contribution < 1.29 is 9.59 Å². The predicted molar refractivity (Wildman–Crippen MR) is 83.2 cm³/mol. The van der Waals surface area contributed by atoms with E-state index in [0.29, 0.717) is 38.2 Å². The summed E-state index contributed by atoms with van der Waals surface area (Å²) in [5, 5.41) is 0. The highest BCUT2D eigenvalue weighted by Gasteiger charge is 2.29. The molecule has 1 atom stereocenters. The fraction of sp³-hybridized carbons (Fsp3) is 0.500. The Hall–Kier alpha value is -1.88. The smallest absolute Gasteiger partial charge is 0.253 e. The van der Waals surface area contributed by atoms with E-state index in [1.54, 1.807) is 21.9 Å². The third-order valence-corrected chi connectivity index (χ3v) is 4.02. The minimum atomic E-state index is 0.0270. The van der Waals surface area contributed by atoms with Crippen molar-refractivity contribution in [1.29, 1.82) is 0 Å². The van der Waals surface area contributed by atoms with Gasteiger partial charge in [-0.2, -0.15) is 0 Å². The monoisotopic (exact) mass is 289 g/mol. The molecule has 1 unspecified atom stereocenters. The molecular formula is C16H23N3O2. The van der Waals surface area contributed by atoms with Gasteiger partial charge in [0.25, 0.3) is 5.91 Å².